The van der Waals surface area contributed by atoms with E-state index in [0.29, 0.717) is 0 Å². The van der Waals surface area contributed by atoms with E-state index in [9.17, 15) is 19.5 Å². The predicted octanol–water partition coefficient (Wildman–Crippen LogP) is 3.74. The van der Waals surface area contributed by atoms with Gasteiger partial charge < -0.3 is 19.0 Å². The van der Waals surface area contributed by atoms with Gasteiger partial charge in [-0.15, -0.1) is 0 Å². The van der Waals surface area contributed by atoms with Crippen molar-refractivity contribution in [1.82, 2.24) is 9.97 Å². The lowest BCUT2D eigenvalue weighted by molar-refractivity contribution is 0.0727. The molecule has 0 spiro atoms. The van der Waals surface area contributed by atoms with E-state index in [4.69, 9.17) is 13.9 Å². The molecule has 4 rings (SSSR count). The molecule has 1 aromatic carbocycles. The molecule has 0 aliphatic rings. The Balaban J connectivity index is 1.76. The summed E-state index contributed by atoms with van der Waals surface area (Å²) in [5.41, 5.74) is 0.0976. The number of ether oxygens (including phenoxy) is 2. The van der Waals surface area contributed by atoms with Crippen molar-refractivity contribution < 1.29 is 28.6 Å². The topological polar surface area (TPSA) is 141 Å². The number of phenols is 1. The highest BCUT2D eigenvalue weighted by Gasteiger charge is 2.18. The number of aromatic nitrogens is 2. The predicted molar refractivity (Wildman–Crippen MR) is 117 cm³/mol. The average Bonchev–Trinajstić information content (AvgIpc) is 2.80. The molecule has 0 fully saturated rings. The minimum absolute atomic E-state index is 0.0242. The number of amides is 1. The molecule has 0 aliphatic heterocycles. The van der Waals surface area contributed by atoms with Gasteiger partial charge in [-0.05, 0) is 37.3 Å². The van der Waals surface area contributed by atoms with E-state index in [-0.39, 0.29) is 51.9 Å². The van der Waals surface area contributed by atoms with E-state index in [1.807, 2.05) is 0 Å². The van der Waals surface area contributed by atoms with Crippen LogP contribution in [0.3, 0.4) is 0 Å². The number of benzene rings is 1. The third-order valence-electron chi connectivity index (χ3n) is 4.46. The Bertz CT molecular complexity index is 1400. The van der Waals surface area contributed by atoms with Crippen molar-refractivity contribution in [3.05, 3.63) is 76.7 Å². The standard InChI is InChI=1S/C23H17N3O7/c1-2-31-23(30)26-21-14(18-11-16(28)20-15(27)6-3-7-17(20)32-18)8-9-19(25-21)33-22(29)13-5-4-10-24-12-13/h3-12,27H,2H2,1H3,(H,25,26,30). The zero-order valence-corrected chi connectivity index (χ0v) is 17.3. The van der Waals surface area contributed by atoms with Gasteiger partial charge in [0.25, 0.3) is 0 Å². The summed E-state index contributed by atoms with van der Waals surface area (Å²) in [6.07, 6.45) is 2.05. The third kappa shape index (κ3) is 4.64. The molecule has 10 heteroatoms. The van der Waals surface area contributed by atoms with Gasteiger partial charge in [0.1, 0.15) is 28.3 Å². The minimum Gasteiger partial charge on any atom is -0.507 e. The van der Waals surface area contributed by atoms with Crippen molar-refractivity contribution in [2.45, 2.75) is 6.92 Å². The molecule has 2 N–H and O–H groups in total. The number of pyridine rings is 2. The molecular formula is C23H17N3O7. The molecule has 1 amide bonds. The highest BCUT2D eigenvalue weighted by atomic mass is 16.6. The van der Waals surface area contributed by atoms with Crippen LogP contribution < -0.4 is 15.5 Å². The van der Waals surface area contributed by atoms with Crippen LogP contribution in [-0.4, -0.2) is 33.7 Å². The molecule has 0 saturated carbocycles. The fourth-order valence-electron chi connectivity index (χ4n) is 3.02. The number of carbonyl (C=O) groups excluding carboxylic acids is 2. The second-order valence-corrected chi connectivity index (χ2v) is 6.65. The number of nitrogens with one attached hydrogen (secondary N) is 1. The molecule has 3 aromatic heterocycles. The lowest BCUT2D eigenvalue weighted by Gasteiger charge is -2.12. The first kappa shape index (κ1) is 21.5. The Morgan fingerprint density at radius 3 is 2.76 bits per heavy atom. The summed E-state index contributed by atoms with van der Waals surface area (Å²) in [6, 6.07) is 11.6. The van der Waals surface area contributed by atoms with Gasteiger partial charge in [-0.1, -0.05) is 6.07 Å². The SMILES string of the molecule is CCOC(=O)Nc1nc(OC(=O)c2cccnc2)ccc1-c1cc(=O)c2c(O)cccc2o1. The second-order valence-electron chi connectivity index (χ2n) is 6.65. The number of nitrogens with zero attached hydrogens (tertiary/aromatic N) is 2. The first-order chi connectivity index (χ1) is 16.0. The average molecular weight is 447 g/mol. The third-order valence-corrected chi connectivity index (χ3v) is 4.46. The van der Waals surface area contributed by atoms with Gasteiger partial charge in [0.05, 0.1) is 17.7 Å². The van der Waals surface area contributed by atoms with E-state index in [1.165, 1.54) is 48.8 Å². The minimum atomic E-state index is -0.803. The normalized spacial score (nSPS) is 10.6. The Hall–Kier alpha value is -4.73. The van der Waals surface area contributed by atoms with Crippen LogP contribution in [0.5, 0.6) is 11.6 Å². The monoisotopic (exact) mass is 447 g/mol. The van der Waals surface area contributed by atoms with Gasteiger partial charge in [-0.2, -0.15) is 4.98 Å². The van der Waals surface area contributed by atoms with Crippen LogP contribution in [-0.2, 0) is 4.74 Å². The Labute approximate surface area is 186 Å². The zero-order valence-electron chi connectivity index (χ0n) is 17.3. The summed E-state index contributed by atoms with van der Waals surface area (Å²) in [7, 11) is 0. The molecule has 3 heterocycles. The largest absolute Gasteiger partial charge is 0.507 e. The second kappa shape index (κ2) is 9.18. The number of carbonyl (C=O) groups is 2. The smallest absolute Gasteiger partial charge is 0.412 e. The van der Waals surface area contributed by atoms with Crippen LogP contribution >= 0.6 is 0 Å². The quantitative estimate of drug-likeness (QED) is 0.438. The van der Waals surface area contributed by atoms with E-state index in [0.717, 1.165) is 6.07 Å². The Kier molecular flexibility index (Phi) is 5.98. The highest BCUT2D eigenvalue weighted by molar-refractivity contribution is 5.92. The molecule has 0 bridgehead atoms. The Morgan fingerprint density at radius 2 is 2.00 bits per heavy atom. The van der Waals surface area contributed by atoms with E-state index < -0.39 is 17.5 Å². The van der Waals surface area contributed by atoms with Gasteiger partial charge >= 0.3 is 12.1 Å². The van der Waals surface area contributed by atoms with E-state index >= 15 is 0 Å². The number of rotatable bonds is 5. The zero-order chi connectivity index (χ0) is 23.4. The van der Waals surface area contributed by atoms with Gasteiger partial charge in [0.15, 0.2) is 5.43 Å². The maximum atomic E-state index is 12.6. The summed E-state index contributed by atoms with van der Waals surface area (Å²) >= 11 is 0. The van der Waals surface area contributed by atoms with Crippen molar-refractivity contribution >= 4 is 28.8 Å². The van der Waals surface area contributed by atoms with Crippen LogP contribution in [0.4, 0.5) is 10.6 Å². The molecule has 10 nitrogen and oxygen atoms in total. The van der Waals surface area contributed by atoms with Crippen LogP contribution in [0.25, 0.3) is 22.3 Å². The number of aromatic hydroxyl groups is 1. The fourth-order valence-corrected chi connectivity index (χ4v) is 3.02. The summed E-state index contributed by atoms with van der Waals surface area (Å²) in [5, 5.41) is 12.4. The number of esters is 1. The number of hydrogen-bond donors (Lipinski definition) is 2. The van der Waals surface area contributed by atoms with Crippen molar-refractivity contribution in [3.63, 3.8) is 0 Å². The molecule has 33 heavy (non-hydrogen) atoms. The maximum Gasteiger partial charge on any atom is 0.412 e. The molecule has 0 aliphatic carbocycles. The van der Waals surface area contributed by atoms with Gasteiger partial charge in [-0.3, -0.25) is 15.1 Å². The summed E-state index contributed by atoms with van der Waals surface area (Å²) < 4.78 is 16.0. The summed E-state index contributed by atoms with van der Waals surface area (Å²) in [6.45, 7) is 1.75. The summed E-state index contributed by atoms with van der Waals surface area (Å²) in [5.74, 6) is -1.01. The molecule has 0 unspecified atom stereocenters. The van der Waals surface area contributed by atoms with Crippen molar-refractivity contribution in [2.75, 3.05) is 11.9 Å². The van der Waals surface area contributed by atoms with Gasteiger partial charge in [0.2, 0.25) is 5.88 Å². The number of hydrogen-bond acceptors (Lipinski definition) is 9. The lowest BCUT2D eigenvalue weighted by Crippen LogP contribution is -2.16. The molecule has 0 radical (unpaired) electrons. The first-order valence-corrected chi connectivity index (χ1v) is 9.79. The lowest BCUT2D eigenvalue weighted by atomic mass is 10.1. The van der Waals surface area contributed by atoms with Crippen molar-refractivity contribution in [2.24, 2.45) is 0 Å². The number of phenolic OH excluding ortho intramolecular Hbond substituents is 1. The van der Waals surface area contributed by atoms with Crippen LogP contribution in [0, 0.1) is 0 Å². The first-order valence-electron chi connectivity index (χ1n) is 9.79. The van der Waals surface area contributed by atoms with Gasteiger partial charge in [0, 0.05) is 24.5 Å². The van der Waals surface area contributed by atoms with Crippen molar-refractivity contribution in [3.8, 4) is 23.0 Å². The van der Waals surface area contributed by atoms with Crippen molar-refractivity contribution in [1.29, 1.82) is 0 Å². The van der Waals surface area contributed by atoms with E-state index in [1.54, 1.807) is 13.0 Å². The Morgan fingerprint density at radius 1 is 1.15 bits per heavy atom. The van der Waals surface area contributed by atoms with Gasteiger partial charge in [-0.25, -0.2) is 9.59 Å². The maximum absolute atomic E-state index is 12.6. The fraction of sp³-hybridized carbons (Fsp3) is 0.0870. The summed E-state index contributed by atoms with van der Waals surface area (Å²) in [4.78, 5) is 45.0. The molecule has 0 atom stereocenters. The molecular weight excluding hydrogens is 430 g/mol. The van der Waals surface area contributed by atoms with E-state index in [2.05, 4.69) is 15.3 Å². The van der Waals surface area contributed by atoms with Crippen LogP contribution in [0.2, 0.25) is 0 Å². The molecule has 4 aromatic rings. The molecule has 0 saturated heterocycles. The molecule has 166 valence electrons. The number of fused-ring (bicyclic) bond motifs is 1. The van der Waals surface area contributed by atoms with Crippen LogP contribution in [0.1, 0.15) is 17.3 Å². The number of anilines is 1. The highest BCUT2D eigenvalue weighted by Crippen LogP contribution is 2.31. The van der Waals surface area contributed by atoms with Crippen LogP contribution in [0.15, 0.2) is 70.1 Å².